The second-order valence-corrected chi connectivity index (χ2v) is 16.3. The van der Waals surface area contributed by atoms with Gasteiger partial charge < -0.3 is 19.3 Å². The first-order valence-corrected chi connectivity index (χ1v) is 24.0. The second-order valence-electron chi connectivity index (χ2n) is 15.0. The molecule has 0 bridgehead atoms. The summed E-state index contributed by atoms with van der Waals surface area (Å²) >= 11 is 0. The Labute approximate surface area is 337 Å². The van der Waals surface area contributed by atoms with Crippen molar-refractivity contribution < 1.29 is 37.9 Å². The zero-order valence-electron chi connectivity index (χ0n) is 35.3. The van der Waals surface area contributed by atoms with Crippen LogP contribution in [0.2, 0.25) is 0 Å². The van der Waals surface area contributed by atoms with Crippen LogP contribution in [0, 0.1) is 0 Å². The first-order valence-electron chi connectivity index (χ1n) is 22.4. The van der Waals surface area contributed by atoms with E-state index in [1.165, 1.54) is 103 Å². The third kappa shape index (κ3) is 44.6. The van der Waals surface area contributed by atoms with Crippen LogP contribution in [-0.2, 0) is 28.2 Å². The highest BCUT2D eigenvalue weighted by atomic mass is 31.2. The quantitative estimate of drug-likeness (QED) is 0.0272. The Balaban J connectivity index is 3.87. The molecule has 1 unspecified atom stereocenters. The maximum atomic E-state index is 12.4. The van der Waals surface area contributed by atoms with Gasteiger partial charge in [-0.15, -0.1) is 0 Å². The molecule has 0 aliphatic carbocycles. The van der Waals surface area contributed by atoms with Gasteiger partial charge in [-0.25, -0.2) is 4.57 Å². The number of hydrogen-bond donors (Lipinski definition) is 2. The number of phosphoric ester groups is 1. The lowest BCUT2D eigenvalue weighted by Gasteiger charge is -2.18. The van der Waals surface area contributed by atoms with Crippen LogP contribution in [0.25, 0.3) is 0 Å². The summed E-state index contributed by atoms with van der Waals surface area (Å²) in [5.74, 6) is -0.901. The third-order valence-electron chi connectivity index (χ3n) is 9.57. The van der Waals surface area contributed by atoms with Gasteiger partial charge in [0.05, 0.1) is 6.61 Å². The van der Waals surface area contributed by atoms with Crippen molar-refractivity contribution in [1.82, 2.24) is 0 Å². The second kappa shape index (κ2) is 41.6. The lowest BCUT2D eigenvalue weighted by molar-refractivity contribution is -0.161. The van der Waals surface area contributed by atoms with Gasteiger partial charge in [0.15, 0.2) is 6.10 Å². The largest absolute Gasteiger partial charge is 0.469 e. The SMILES string of the molecule is CCCC/C=C\C/C=C\CCCCCCCC(=O)OCC(COP(=O)(O)O)OC(=O)CCCCCCCCCCCCC/C=C\C/C=C\CCCCCCC. The van der Waals surface area contributed by atoms with Crippen LogP contribution in [-0.4, -0.2) is 41.0 Å². The Morgan fingerprint density at radius 3 is 1.25 bits per heavy atom. The number of unbranched alkanes of at least 4 members (excludes halogenated alkanes) is 23. The highest BCUT2D eigenvalue weighted by Crippen LogP contribution is 2.36. The number of ether oxygens (including phenoxy) is 2. The van der Waals surface area contributed by atoms with Gasteiger partial charge in [-0.2, -0.15) is 0 Å². The summed E-state index contributed by atoms with van der Waals surface area (Å²) in [5, 5.41) is 0. The summed E-state index contributed by atoms with van der Waals surface area (Å²) in [6.07, 6.45) is 51.2. The minimum atomic E-state index is -4.76. The Bertz CT molecular complexity index is 1030. The van der Waals surface area contributed by atoms with E-state index in [1.807, 2.05) is 0 Å². The van der Waals surface area contributed by atoms with Gasteiger partial charge in [0.25, 0.3) is 0 Å². The summed E-state index contributed by atoms with van der Waals surface area (Å²) < 4.78 is 26.4. The monoisotopic (exact) mass is 795 g/mol. The minimum Gasteiger partial charge on any atom is -0.462 e. The number of carbonyl (C=O) groups is 2. The molecule has 0 saturated heterocycles. The van der Waals surface area contributed by atoms with Crippen molar-refractivity contribution in [3.8, 4) is 0 Å². The smallest absolute Gasteiger partial charge is 0.462 e. The number of phosphoric acid groups is 1. The van der Waals surface area contributed by atoms with Crippen LogP contribution in [0.15, 0.2) is 48.6 Å². The van der Waals surface area contributed by atoms with Crippen LogP contribution in [0.1, 0.15) is 213 Å². The van der Waals surface area contributed by atoms with E-state index in [-0.39, 0.29) is 19.4 Å². The average molecular weight is 795 g/mol. The van der Waals surface area contributed by atoms with Gasteiger partial charge in [0, 0.05) is 12.8 Å². The van der Waals surface area contributed by atoms with Crippen molar-refractivity contribution >= 4 is 19.8 Å². The van der Waals surface area contributed by atoms with Crippen LogP contribution >= 0.6 is 7.82 Å². The van der Waals surface area contributed by atoms with E-state index in [4.69, 9.17) is 19.3 Å². The van der Waals surface area contributed by atoms with Crippen LogP contribution < -0.4 is 0 Å². The van der Waals surface area contributed by atoms with Crippen molar-refractivity contribution in [2.24, 2.45) is 0 Å². The van der Waals surface area contributed by atoms with Crippen molar-refractivity contribution in [2.75, 3.05) is 13.2 Å². The van der Waals surface area contributed by atoms with Crippen molar-refractivity contribution in [2.45, 2.75) is 219 Å². The molecule has 1 atom stereocenters. The number of allylic oxidation sites excluding steroid dienone is 8. The molecule has 9 heteroatoms. The normalized spacial score (nSPS) is 12.9. The molecular formula is C46H83O8P. The number of rotatable bonds is 41. The molecule has 8 nitrogen and oxygen atoms in total. The van der Waals surface area contributed by atoms with Gasteiger partial charge in [-0.05, 0) is 70.6 Å². The number of hydrogen-bond acceptors (Lipinski definition) is 6. The van der Waals surface area contributed by atoms with E-state index >= 15 is 0 Å². The van der Waals surface area contributed by atoms with Crippen molar-refractivity contribution in [3.63, 3.8) is 0 Å². The molecule has 0 aromatic rings. The lowest BCUT2D eigenvalue weighted by atomic mass is 10.0. The fourth-order valence-electron chi connectivity index (χ4n) is 6.18. The highest BCUT2D eigenvalue weighted by Gasteiger charge is 2.22. The molecule has 0 aromatic heterocycles. The molecule has 55 heavy (non-hydrogen) atoms. The molecule has 0 spiro atoms. The molecule has 0 aliphatic rings. The first kappa shape index (κ1) is 53.0. The fraction of sp³-hybridized carbons (Fsp3) is 0.783. The van der Waals surface area contributed by atoms with Gasteiger partial charge in [0.1, 0.15) is 6.61 Å². The molecule has 320 valence electrons. The summed E-state index contributed by atoms with van der Waals surface area (Å²) in [6, 6.07) is 0. The van der Waals surface area contributed by atoms with Gasteiger partial charge in [-0.3, -0.25) is 14.1 Å². The molecule has 0 heterocycles. The standard InChI is InChI=1S/C46H83O8P/c1-3-5-7-9-11-13-15-17-19-20-21-22-23-24-25-26-27-29-31-33-35-37-39-41-46(48)54-44(43-53-55(49,50)51)42-52-45(47)40-38-36-34-32-30-28-18-16-14-12-10-8-6-4-2/h10,12,15-18,20-21,44H,3-9,11,13-14,19,22-43H2,1-2H3,(H2,49,50,51)/b12-10-,17-15-,18-16-,21-20-. The molecular weight excluding hydrogens is 711 g/mol. The summed E-state index contributed by atoms with van der Waals surface area (Å²) in [4.78, 5) is 42.9. The molecule has 0 aromatic carbocycles. The van der Waals surface area contributed by atoms with Crippen LogP contribution in [0.3, 0.4) is 0 Å². The third-order valence-corrected chi connectivity index (χ3v) is 10.1. The van der Waals surface area contributed by atoms with Gasteiger partial charge >= 0.3 is 19.8 Å². The molecule has 0 rings (SSSR count). The van der Waals surface area contributed by atoms with E-state index in [1.54, 1.807) is 0 Å². The van der Waals surface area contributed by atoms with Crippen molar-refractivity contribution in [1.29, 1.82) is 0 Å². The fourth-order valence-corrected chi connectivity index (χ4v) is 6.55. The minimum absolute atomic E-state index is 0.206. The van der Waals surface area contributed by atoms with Gasteiger partial charge in [-0.1, -0.05) is 178 Å². The van der Waals surface area contributed by atoms with Crippen molar-refractivity contribution in [3.05, 3.63) is 48.6 Å². The van der Waals surface area contributed by atoms with Crippen LogP contribution in [0.4, 0.5) is 0 Å². The van der Waals surface area contributed by atoms with E-state index in [0.717, 1.165) is 70.6 Å². The maximum absolute atomic E-state index is 12.4. The topological polar surface area (TPSA) is 119 Å². The zero-order chi connectivity index (χ0) is 40.3. The highest BCUT2D eigenvalue weighted by molar-refractivity contribution is 7.46. The molecule has 0 aliphatic heterocycles. The molecule has 0 fully saturated rings. The van der Waals surface area contributed by atoms with E-state index in [0.29, 0.717) is 12.8 Å². The van der Waals surface area contributed by atoms with E-state index in [9.17, 15) is 14.2 Å². The predicted octanol–water partition coefficient (Wildman–Crippen LogP) is 13.9. The number of esters is 2. The summed E-state index contributed by atoms with van der Waals surface area (Å²) in [7, 11) is -4.76. The summed E-state index contributed by atoms with van der Waals surface area (Å²) in [5.41, 5.74) is 0. The molecule has 2 N–H and O–H groups in total. The van der Waals surface area contributed by atoms with E-state index < -0.39 is 32.5 Å². The lowest BCUT2D eigenvalue weighted by Crippen LogP contribution is -2.29. The molecule has 0 saturated carbocycles. The Hall–Kier alpha value is -1.99. The Morgan fingerprint density at radius 1 is 0.473 bits per heavy atom. The number of carbonyl (C=O) groups excluding carboxylic acids is 2. The van der Waals surface area contributed by atoms with Gasteiger partial charge in [0.2, 0.25) is 0 Å². The maximum Gasteiger partial charge on any atom is 0.469 e. The first-order chi connectivity index (χ1) is 26.8. The Morgan fingerprint density at radius 2 is 0.836 bits per heavy atom. The predicted molar refractivity (Wildman–Crippen MR) is 230 cm³/mol. The average Bonchev–Trinajstić information content (AvgIpc) is 3.16. The van der Waals surface area contributed by atoms with Crippen LogP contribution in [0.5, 0.6) is 0 Å². The molecule has 0 amide bonds. The summed E-state index contributed by atoms with van der Waals surface area (Å²) in [6.45, 7) is 3.63. The molecule has 0 radical (unpaired) electrons. The Kier molecular flexibility index (Phi) is 40.1. The zero-order valence-corrected chi connectivity index (χ0v) is 36.2. The van der Waals surface area contributed by atoms with E-state index in [2.05, 4.69) is 67.0 Å².